The fourth-order valence-corrected chi connectivity index (χ4v) is 1.67. The molecule has 1 heterocycles. The molecule has 0 bridgehead atoms. The molecule has 3 nitrogen and oxygen atoms in total. The van der Waals surface area contributed by atoms with Crippen molar-refractivity contribution in [3.8, 4) is 0 Å². The number of hydrogen-bond donors (Lipinski definition) is 1. The monoisotopic (exact) mass is 262 g/mol. The first-order valence-corrected chi connectivity index (χ1v) is 5.72. The van der Waals surface area contributed by atoms with Gasteiger partial charge in [-0.25, -0.2) is 9.37 Å². The second kappa shape index (κ2) is 5.56. The predicted octanol–water partition coefficient (Wildman–Crippen LogP) is 2.60. The van der Waals surface area contributed by atoms with Gasteiger partial charge in [0.05, 0.1) is 5.56 Å². The lowest BCUT2D eigenvalue weighted by Crippen LogP contribution is -2.24. The van der Waals surface area contributed by atoms with Gasteiger partial charge in [0.1, 0.15) is 0 Å². The predicted molar refractivity (Wildman–Crippen MR) is 66.5 cm³/mol. The van der Waals surface area contributed by atoms with Crippen molar-refractivity contribution in [2.75, 3.05) is 0 Å². The minimum absolute atomic E-state index is 0.259. The summed E-state index contributed by atoms with van der Waals surface area (Å²) in [6.07, 6.45) is 1.06. The third-order valence-corrected chi connectivity index (χ3v) is 2.79. The van der Waals surface area contributed by atoms with Gasteiger partial charge in [-0.05, 0) is 24.1 Å². The van der Waals surface area contributed by atoms with Crippen LogP contribution in [-0.2, 0) is 6.54 Å². The molecule has 0 aliphatic heterocycles. The zero-order valence-corrected chi connectivity index (χ0v) is 10.3. The number of carbonyl (C=O) groups is 1. The minimum Gasteiger partial charge on any atom is -0.348 e. The summed E-state index contributed by atoms with van der Waals surface area (Å²) in [6.45, 7) is 2.17. The maximum Gasteiger partial charge on any atom is 0.254 e. The van der Waals surface area contributed by atoms with E-state index >= 15 is 0 Å². The van der Waals surface area contributed by atoms with E-state index in [1.165, 1.54) is 0 Å². The summed E-state index contributed by atoms with van der Waals surface area (Å²) in [6, 6.07) is 8.65. The van der Waals surface area contributed by atoms with Crippen LogP contribution in [0.25, 0.3) is 0 Å². The van der Waals surface area contributed by atoms with Crippen molar-refractivity contribution >= 4 is 5.91 Å². The van der Waals surface area contributed by atoms with Crippen molar-refractivity contribution in [3.63, 3.8) is 0 Å². The lowest BCUT2D eigenvalue weighted by molar-refractivity contribution is 0.0945. The Kier molecular flexibility index (Phi) is 3.85. The van der Waals surface area contributed by atoms with Crippen molar-refractivity contribution in [2.45, 2.75) is 13.5 Å². The van der Waals surface area contributed by atoms with Crippen molar-refractivity contribution in [1.82, 2.24) is 10.3 Å². The summed E-state index contributed by atoms with van der Waals surface area (Å²) in [5.74, 6) is -3.17. The quantitative estimate of drug-likeness (QED) is 0.864. The van der Waals surface area contributed by atoms with E-state index in [-0.39, 0.29) is 12.1 Å². The fraction of sp³-hybridized carbons (Fsp3) is 0.143. The summed E-state index contributed by atoms with van der Waals surface area (Å²) in [7, 11) is 0. The normalized spacial score (nSPS) is 10.3. The zero-order valence-electron chi connectivity index (χ0n) is 10.3. The summed E-state index contributed by atoms with van der Waals surface area (Å²) in [4.78, 5) is 14.9. The number of amides is 1. The zero-order chi connectivity index (χ0) is 13.8. The molecule has 5 heteroatoms. The van der Waals surface area contributed by atoms with Crippen molar-refractivity contribution in [3.05, 3.63) is 65.0 Å². The number of aryl methyl sites for hydroxylation is 1. The number of carbonyl (C=O) groups excluding carboxylic acids is 1. The molecular weight excluding hydrogens is 250 g/mol. The molecule has 1 aromatic heterocycles. The van der Waals surface area contributed by atoms with E-state index in [2.05, 4.69) is 10.3 Å². The van der Waals surface area contributed by atoms with Gasteiger partial charge >= 0.3 is 0 Å². The average molecular weight is 262 g/mol. The summed E-state index contributed by atoms with van der Waals surface area (Å²) in [5, 5.41) is 2.55. The Morgan fingerprint density at radius 1 is 1.26 bits per heavy atom. The molecular formula is C14H12F2N2O. The van der Waals surface area contributed by atoms with E-state index in [4.69, 9.17) is 0 Å². The van der Waals surface area contributed by atoms with E-state index in [1.807, 2.05) is 31.2 Å². The van der Waals surface area contributed by atoms with Crippen LogP contribution in [-0.4, -0.2) is 10.9 Å². The van der Waals surface area contributed by atoms with E-state index in [1.54, 1.807) is 0 Å². The number of benzene rings is 1. The molecule has 1 N–H and O–H groups in total. The molecule has 0 radical (unpaired) electrons. The molecule has 2 rings (SSSR count). The van der Waals surface area contributed by atoms with Gasteiger partial charge in [-0.3, -0.25) is 4.79 Å². The number of hydrogen-bond acceptors (Lipinski definition) is 2. The largest absolute Gasteiger partial charge is 0.348 e. The Morgan fingerprint density at radius 3 is 2.74 bits per heavy atom. The van der Waals surface area contributed by atoms with Crippen LogP contribution in [0, 0.1) is 18.7 Å². The van der Waals surface area contributed by atoms with Crippen molar-refractivity contribution < 1.29 is 13.6 Å². The highest BCUT2D eigenvalue weighted by molar-refractivity contribution is 5.94. The van der Waals surface area contributed by atoms with Gasteiger partial charge in [0.25, 0.3) is 5.91 Å². The number of aromatic nitrogens is 1. The number of pyridine rings is 1. The maximum atomic E-state index is 13.4. The summed E-state index contributed by atoms with van der Waals surface area (Å²) < 4.78 is 26.3. The van der Waals surface area contributed by atoms with Gasteiger partial charge in [0.15, 0.2) is 5.82 Å². The first-order valence-electron chi connectivity index (χ1n) is 5.72. The molecule has 1 aromatic carbocycles. The van der Waals surface area contributed by atoms with Crippen LogP contribution in [0.4, 0.5) is 8.78 Å². The van der Waals surface area contributed by atoms with Gasteiger partial charge in [-0.1, -0.05) is 24.3 Å². The van der Waals surface area contributed by atoms with E-state index in [0.717, 1.165) is 23.4 Å². The highest BCUT2D eigenvalue weighted by Gasteiger charge is 2.15. The number of rotatable bonds is 3. The maximum absolute atomic E-state index is 13.4. The lowest BCUT2D eigenvalue weighted by Gasteiger charge is -2.08. The summed E-state index contributed by atoms with van der Waals surface area (Å²) in [5.41, 5.74) is 1.59. The Morgan fingerprint density at radius 2 is 2.00 bits per heavy atom. The Hall–Kier alpha value is -2.30. The van der Waals surface area contributed by atoms with Crippen LogP contribution in [0.1, 0.15) is 21.5 Å². The first kappa shape index (κ1) is 13.1. The van der Waals surface area contributed by atoms with Crippen LogP contribution in [0.2, 0.25) is 0 Å². The Balaban J connectivity index is 2.10. The minimum atomic E-state index is -1.27. The third kappa shape index (κ3) is 2.93. The van der Waals surface area contributed by atoms with Gasteiger partial charge in [0, 0.05) is 12.7 Å². The first-order chi connectivity index (χ1) is 9.09. The van der Waals surface area contributed by atoms with Gasteiger partial charge in [-0.2, -0.15) is 4.39 Å². The topological polar surface area (TPSA) is 42.0 Å². The van der Waals surface area contributed by atoms with Crippen molar-refractivity contribution in [1.29, 1.82) is 0 Å². The van der Waals surface area contributed by atoms with E-state index < -0.39 is 17.7 Å². The Labute approximate surface area is 109 Å². The number of nitrogens with one attached hydrogen (secondary N) is 1. The van der Waals surface area contributed by atoms with Crippen molar-refractivity contribution in [2.24, 2.45) is 0 Å². The van der Waals surface area contributed by atoms with Crippen LogP contribution < -0.4 is 5.32 Å². The molecule has 0 saturated heterocycles. The molecule has 0 aliphatic rings. The van der Waals surface area contributed by atoms with Gasteiger partial charge in [-0.15, -0.1) is 0 Å². The van der Waals surface area contributed by atoms with Gasteiger partial charge < -0.3 is 5.32 Å². The highest BCUT2D eigenvalue weighted by Crippen LogP contribution is 2.10. The average Bonchev–Trinajstić information content (AvgIpc) is 2.40. The van der Waals surface area contributed by atoms with Crippen LogP contribution >= 0.6 is 0 Å². The molecule has 0 atom stereocenters. The van der Waals surface area contributed by atoms with Crippen LogP contribution in [0.15, 0.2) is 36.5 Å². The fourth-order valence-electron chi connectivity index (χ4n) is 1.67. The molecule has 98 valence electrons. The summed E-state index contributed by atoms with van der Waals surface area (Å²) >= 11 is 0. The molecule has 0 spiro atoms. The smallest absolute Gasteiger partial charge is 0.254 e. The van der Waals surface area contributed by atoms with Crippen LogP contribution in [0.5, 0.6) is 0 Å². The van der Waals surface area contributed by atoms with Gasteiger partial charge in [0.2, 0.25) is 5.95 Å². The third-order valence-electron chi connectivity index (χ3n) is 2.79. The van der Waals surface area contributed by atoms with E-state index in [0.29, 0.717) is 0 Å². The number of nitrogens with zero attached hydrogens (tertiary/aromatic N) is 1. The molecule has 0 unspecified atom stereocenters. The van der Waals surface area contributed by atoms with Crippen LogP contribution in [0.3, 0.4) is 0 Å². The Bertz CT molecular complexity index is 614. The molecule has 1 amide bonds. The molecule has 0 saturated carbocycles. The lowest BCUT2D eigenvalue weighted by atomic mass is 10.1. The SMILES string of the molecule is Cc1ccccc1CNC(=O)c1ccnc(F)c1F. The standard InChI is InChI=1S/C14H12F2N2O/c1-9-4-2-3-5-10(9)8-18-14(19)11-6-7-17-13(16)12(11)15/h2-7H,8H2,1H3,(H,18,19). The second-order valence-electron chi connectivity index (χ2n) is 4.07. The molecule has 0 aliphatic carbocycles. The molecule has 19 heavy (non-hydrogen) atoms. The molecule has 2 aromatic rings. The number of halogens is 2. The van der Waals surface area contributed by atoms with E-state index in [9.17, 15) is 13.6 Å². The molecule has 0 fully saturated rings. The second-order valence-corrected chi connectivity index (χ2v) is 4.07. The highest BCUT2D eigenvalue weighted by atomic mass is 19.2.